The van der Waals surface area contributed by atoms with Crippen molar-refractivity contribution in [3.8, 4) is 11.3 Å². The van der Waals surface area contributed by atoms with Gasteiger partial charge < -0.3 is 15.5 Å². The Hall–Kier alpha value is -2.70. The molecule has 1 fully saturated rings. The summed E-state index contributed by atoms with van der Waals surface area (Å²) in [5.74, 6) is 0.552. The quantitative estimate of drug-likeness (QED) is 0.855. The summed E-state index contributed by atoms with van der Waals surface area (Å²) in [7, 11) is 0. The van der Waals surface area contributed by atoms with Gasteiger partial charge in [0, 0.05) is 50.3 Å². The molecule has 0 aliphatic carbocycles. The summed E-state index contributed by atoms with van der Waals surface area (Å²) in [6.45, 7) is 2.71. The number of hydrogen-bond acceptors (Lipinski definition) is 5. The van der Waals surface area contributed by atoms with E-state index in [-0.39, 0.29) is 6.03 Å². The minimum Gasteiger partial charge on any atom is -0.352 e. The van der Waals surface area contributed by atoms with Gasteiger partial charge >= 0.3 is 6.03 Å². The van der Waals surface area contributed by atoms with Gasteiger partial charge in [0.05, 0.1) is 5.69 Å². The third kappa shape index (κ3) is 3.25. The maximum Gasteiger partial charge on any atom is 0.317 e. The number of carbonyl (C=O) groups excluding carboxylic acids is 1. The van der Waals surface area contributed by atoms with E-state index >= 15 is 0 Å². The van der Waals surface area contributed by atoms with Crippen LogP contribution in [0.4, 0.5) is 10.7 Å². The Labute approximate surface area is 122 Å². The lowest BCUT2D eigenvalue weighted by molar-refractivity contribution is 0.219. The number of amides is 2. The number of hydrogen-bond donors (Lipinski definition) is 2. The van der Waals surface area contributed by atoms with E-state index in [1.165, 1.54) is 0 Å². The molecule has 2 aromatic rings. The molecule has 0 atom stereocenters. The summed E-state index contributed by atoms with van der Waals surface area (Å²) < 4.78 is 0. The molecule has 7 heteroatoms. The summed E-state index contributed by atoms with van der Waals surface area (Å²) in [6, 6.07) is 5.65. The van der Waals surface area contributed by atoms with E-state index in [1.54, 1.807) is 23.5 Å². The van der Waals surface area contributed by atoms with Gasteiger partial charge in [-0.15, -0.1) is 0 Å². The molecule has 3 heterocycles. The highest BCUT2D eigenvalue weighted by Crippen LogP contribution is 2.15. The lowest BCUT2D eigenvalue weighted by atomic mass is 10.2. The van der Waals surface area contributed by atoms with Gasteiger partial charge in [-0.3, -0.25) is 4.98 Å². The highest BCUT2D eigenvalue weighted by Gasteiger charge is 2.18. The third-order valence-corrected chi connectivity index (χ3v) is 3.22. The predicted octanol–water partition coefficient (Wildman–Crippen LogP) is 0.976. The lowest BCUT2D eigenvalue weighted by Gasteiger charge is -2.14. The number of pyridine rings is 1. The van der Waals surface area contributed by atoms with E-state index in [4.69, 9.17) is 0 Å². The Bertz CT molecular complexity index is 618. The molecule has 0 aromatic carbocycles. The molecular weight excluding hydrogens is 268 g/mol. The van der Waals surface area contributed by atoms with Gasteiger partial charge in [0.25, 0.3) is 0 Å². The van der Waals surface area contributed by atoms with Crippen molar-refractivity contribution in [2.45, 2.75) is 0 Å². The number of nitrogens with one attached hydrogen (secondary N) is 2. The van der Waals surface area contributed by atoms with Crippen LogP contribution >= 0.6 is 0 Å². The molecule has 1 saturated heterocycles. The van der Waals surface area contributed by atoms with Crippen LogP contribution in [-0.2, 0) is 0 Å². The highest BCUT2D eigenvalue weighted by molar-refractivity contribution is 5.76. The van der Waals surface area contributed by atoms with Crippen LogP contribution in [0.25, 0.3) is 11.3 Å². The fourth-order valence-corrected chi connectivity index (χ4v) is 2.15. The van der Waals surface area contributed by atoms with Gasteiger partial charge in [-0.1, -0.05) is 0 Å². The Balaban J connectivity index is 1.60. The number of carbonyl (C=O) groups is 1. The summed E-state index contributed by atoms with van der Waals surface area (Å²) in [5.41, 5.74) is 1.77. The predicted molar refractivity (Wildman–Crippen MR) is 78.7 cm³/mol. The molecule has 108 valence electrons. The maximum absolute atomic E-state index is 11.4. The molecule has 0 spiro atoms. The van der Waals surface area contributed by atoms with E-state index in [9.17, 15) is 4.79 Å². The van der Waals surface area contributed by atoms with E-state index in [0.717, 1.165) is 17.8 Å². The van der Waals surface area contributed by atoms with Crippen LogP contribution < -0.4 is 10.6 Å². The number of aromatic nitrogens is 3. The fraction of sp³-hybridized carbons (Fsp3) is 0.286. The SMILES string of the molecule is O=C1NCCN1CCNc1nccc(-c2cccnc2)n1. The van der Waals surface area contributed by atoms with Crippen LogP contribution in [0.15, 0.2) is 36.8 Å². The minimum atomic E-state index is -0.0122. The Morgan fingerprint density at radius 1 is 1.33 bits per heavy atom. The lowest BCUT2D eigenvalue weighted by Crippen LogP contribution is -2.32. The van der Waals surface area contributed by atoms with Crippen molar-refractivity contribution in [3.63, 3.8) is 0 Å². The molecule has 0 saturated carbocycles. The van der Waals surface area contributed by atoms with Crippen molar-refractivity contribution in [1.29, 1.82) is 0 Å². The Morgan fingerprint density at radius 2 is 2.29 bits per heavy atom. The van der Waals surface area contributed by atoms with Crippen LogP contribution in [0, 0.1) is 0 Å². The number of anilines is 1. The molecule has 1 aliphatic rings. The first kappa shape index (κ1) is 13.3. The van der Waals surface area contributed by atoms with Crippen molar-refractivity contribution in [1.82, 2.24) is 25.2 Å². The second-order valence-corrected chi connectivity index (χ2v) is 4.65. The van der Waals surface area contributed by atoms with E-state index < -0.39 is 0 Å². The molecule has 0 radical (unpaired) electrons. The van der Waals surface area contributed by atoms with Crippen LogP contribution in [0.5, 0.6) is 0 Å². The third-order valence-electron chi connectivity index (χ3n) is 3.22. The molecule has 1 aliphatic heterocycles. The average Bonchev–Trinajstić information content (AvgIpc) is 2.94. The summed E-state index contributed by atoms with van der Waals surface area (Å²) in [5, 5.41) is 5.91. The molecule has 2 amide bonds. The van der Waals surface area contributed by atoms with Gasteiger partial charge in [-0.05, 0) is 18.2 Å². The zero-order valence-corrected chi connectivity index (χ0v) is 11.5. The molecule has 0 unspecified atom stereocenters. The summed E-state index contributed by atoms with van der Waals surface area (Å²) >= 11 is 0. The van der Waals surface area contributed by atoms with Crippen molar-refractivity contribution in [3.05, 3.63) is 36.8 Å². The van der Waals surface area contributed by atoms with Crippen molar-refractivity contribution >= 4 is 12.0 Å². The van der Waals surface area contributed by atoms with Crippen LogP contribution in [-0.4, -0.2) is 52.1 Å². The van der Waals surface area contributed by atoms with Crippen LogP contribution in [0.2, 0.25) is 0 Å². The minimum absolute atomic E-state index is 0.0122. The van der Waals surface area contributed by atoms with Crippen molar-refractivity contribution in [2.24, 2.45) is 0 Å². The summed E-state index contributed by atoms with van der Waals surface area (Å²) in [6.07, 6.45) is 5.20. The standard InChI is InChI=1S/C14H16N6O/c21-14-18-7-9-20(14)8-6-17-13-16-5-3-12(19-13)11-2-1-4-15-10-11/h1-5,10H,6-9H2,(H,18,21)(H,16,17,19). The summed E-state index contributed by atoms with van der Waals surface area (Å²) in [4.78, 5) is 25.9. The second kappa shape index (κ2) is 6.17. The maximum atomic E-state index is 11.4. The van der Waals surface area contributed by atoms with Gasteiger partial charge in [0.2, 0.25) is 5.95 Å². The average molecular weight is 284 g/mol. The molecule has 7 nitrogen and oxygen atoms in total. The molecule has 0 bridgehead atoms. The zero-order chi connectivity index (χ0) is 14.5. The van der Waals surface area contributed by atoms with E-state index in [1.807, 2.05) is 18.2 Å². The second-order valence-electron chi connectivity index (χ2n) is 4.65. The van der Waals surface area contributed by atoms with Gasteiger partial charge in [0.1, 0.15) is 0 Å². The molecular formula is C14H16N6O. The normalized spacial score (nSPS) is 14.1. The number of nitrogens with zero attached hydrogens (tertiary/aromatic N) is 4. The van der Waals surface area contributed by atoms with Crippen LogP contribution in [0.3, 0.4) is 0 Å². The van der Waals surface area contributed by atoms with E-state index in [2.05, 4.69) is 25.6 Å². The molecule has 2 N–H and O–H groups in total. The van der Waals surface area contributed by atoms with Crippen molar-refractivity contribution in [2.75, 3.05) is 31.5 Å². The Kier molecular flexibility index (Phi) is 3.90. The highest BCUT2D eigenvalue weighted by atomic mass is 16.2. The molecule has 3 rings (SSSR count). The first-order valence-electron chi connectivity index (χ1n) is 6.83. The first-order valence-corrected chi connectivity index (χ1v) is 6.83. The zero-order valence-electron chi connectivity index (χ0n) is 11.5. The van der Waals surface area contributed by atoms with Gasteiger partial charge in [0.15, 0.2) is 0 Å². The topological polar surface area (TPSA) is 83.0 Å². The molecule has 21 heavy (non-hydrogen) atoms. The van der Waals surface area contributed by atoms with Gasteiger partial charge in [-0.25, -0.2) is 14.8 Å². The largest absolute Gasteiger partial charge is 0.352 e. The smallest absolute Gasteiger partial charge is 0.317 e. The Morgan fingerprint density at radius 3 is 3.05 bits per heavy atom. The number of urea groups is 1. The van der Waals surface area contributed by atoms with Crippen molar-refractivity contribution < 1.29 is 4.79 Å². The van der Waals surface area contributed by atoms with Gasteiger partial charge in [-0.2, -0.15) is 0 Å². The molecule has 2 aromatic heterocycles. The first-order chi connectivity index (χ1) is 10.3. The fourth-order valence-electron chi connectivity index (χ4n) is 2.15. The number of rotatable bonds is 5. The van der Waals surface area contributed by atoms with E-state index in [0.29, 0.717) is 25.6 Å². The van der Waals surface area contributed by atoms with Crippen LogP contribution in [0.1, 0.15) is 0 Å². The monoisotopic (exact) mass is 284 g/mol.